The van der Waals surface area contributed by atoms with Crippen LogP contribution < -0.4 is 11.1 Å². The first kappa shape index (κ1) is 30.1. The fourth-order valence-corrected chi connectivity index (χ4v) is 6.57. The second-order valence-electron chi connectivity index (χ2n) is 12.0. The van der Waals surface area contributed by atoms with Crippen LogP contribution in [0, 0.1) is 12.7 Å². The van der Waals surface area contributed by atoms with Gasteiger partial charge in [-0.1, -0.05) is 103 Å². The number of nitrogens with two attached hydrogens (primary N) is 1. The Bertz CT molecular complexity index is 2030. The Hall–Kier alpha value is -5.59. The average Bonchev–Trinajstić information content (AvgIpc) is 3.47. The van der Waals surface area contributed by atoms with Gasteiger partial charge in [0, 0.05) is 41.1 Å². The Labute approximate surface area is 274 Å². The smallest absolute Gasteiger partial charge is 0.138 e. The molecule has 2 heterocycles. The van der Waals surface area contributed by atoms with E-state index in [0.717, 1.165) is 55.7 Å². The van der Waals surface area contributed by atoms with Crippen molar-refractivity contribution in [3.8, 4) is 11.3 Å². The summed E-state index contributed by atoms with van der Waals surface area (Å²) < 4.78 is 15.7. The minimum Gasteiger partial charge on any atom is -0.398 e. The van der Waals surface area contributed by atoms with Gasteiger partial charge in [-0.15, -0.1) is 0 Å². The number of hydrogen-bond donors (Lipinski definition) is 2. The minimum absolute atomic E-state index is 0.00219. The van der Waals surface area contributed by atoms with E-state index < -0.39 is 5.54 Å². The fourth-order valence-electron chi connectivity index (χ4n) is 6.57. The first-order valence-electron chi connectivity index (χ1n) is 15.8. The van der Waals surface area contributed by atoms with Gasteiger partial charge in [0.25, 0.3) is 0 Å². The number of rotatable bonds is 9. The van der Waals surface area contributed by atoms with Crippen LogP contribution in [-0.2, 0) is 12.1 Å². The second-order valence-corrected chi connectivity index (χ2v) is 12.0. The largest absolute Gasteiger partial charge is 0.398 e. The number of nitrogen functional groups attached to an aromatic ring is 1. The van der Waals surface area contributed by atoms with Crippen molar-refractivity contribution < 1.29 is 4.39 Å². The molecule has 0 aliphatic carbocycles. The highest BCUT2D eigenvalue weighted by Crippen LogP contribution is 2.44. The zero-order valence-corrected chi connectivity index (χ0v) is 26.4. The Kier molecular flexibility index (Phi) is 8.10. The van der Waals surface area contributed by atoms with Crippen LogP contribution in [0.25, 0.3) is 22.2 Å². The van der Waals surface area contributed by atoms with Crippen LogP contribution >= 0.6 is 0 Å². The van der Waals surface area contributed by atoms with Crippen molar-refractivity contribution >= 4 is 16.6 Å². The van der Waals surface area contributed by atoms with Crippen LogP contribution in [0.1, 0.15) is 46.5 Å². The summed E-state index contributed by atoms with van der Waals surface area (Å²) in [6.07, 6.45) is 1.83. The maximum atomic E-state index is 13.6. The number of benzene rings is 5. The summed E-state index contributed by atoms with van der Waals surface area (Å²) in [6, 6.07) is 46.5. The fraction of sp³-hybridized carbons (Fsp3) is 0.122. The third-order valence-corrected chi connectivity index (χ3v) is 8.97. The topological polar surface area (TPSA) is 68.8 Å². The molecule has 0 aliphatic heterocycles. The molecule has 3 N–H and O–H groups in total. The van der Waals surface area contributed by atoms with Gasteiger partial charge in [0.15, 0.2) is 0 Å². The van der Waals surface area contributed by atoms with Crippen molar-refractivity contribution in [1.29, 1.82) is 0 Å². The summed E-state index contributed by atoms with van der Waals surface area (Å²) in [7, 11) is 0. The van der Waals surface area contributed by atoms with Crippen molar-refractivity contribution in [2.45, 2.75) is 32.0 Å². The summed E-state index contributed by atoms with van der Waals surface area (Å²) in [4.78, 5) is 4.47. The van der Waals surface area contributed by atoms with Crippen molar-refractivity contribution in [1.82, 2.24) is 20.1 Å². The zero-order valence-electron chi connectivity index (χ0n) is 26.4. The molecule has 7 rings (SSSR count). The van der Waals surface area contributed by atoms with Gasteiger partial charge in [-0.25, -0.2) is 9.07 Å². The third kappa shape index (κ3) is 5.58. The first-order chi connectivity index (χ1) is 22.9. The maximum Gasteiger partial charge on any atom is 0.138 e. The molecule has 232 valence electrons. The lowest BCUT2D eigenvalue weighted by Crippen LogP contribution is -2.38. The molecule has 2 aromatic heterocycles. The molecule has 6 heteroatoms. The molecule has 0 bridgehead atoms. The van der Waals surface area contributed by atoms with E-state index >= 15 is 0 Å². The number of anilines is 1. The Morgan fingerprint density at radius 3 is 1.89 bits per heavy atom. The molecule has 0 radical (unpaired) electrons. The number of halogens is 1. The van der Waals surface area contributed by atoms with Gasteiger partial charge in [-0.3, -0.25) is 4.98 Å². The number of pyridine rings is 1. The van der Waals surface area contributed by atoms with E-state index in [4.69, 9.17) is 10.8 Å². The Balaban J connectivity index is 1.48. The number of fused-ring (bicyclic) bond motifs is 1. The van der Waals surface area contributed by atoms with Crippen LogP contribution in [0.15, 0.2) is 146 Å². The van der Waals surface area contributed by atoms with Gasteiger partial charge < -0.3 is 11.1 Å². The molecule has 0 amide bonds. The van der Waals surface area contributed by atoms with Gasteiger partial charge >= 0.3 is 0 Å². The van der Waals surface area contributed by atoms with Crippen LogP contribution in [0.5, 0.6) is 0 Å². The molecule has 5 aromatic carbocycles. The van der Waals surface area contributed by atoms with Gasteiger partial charge in [-0.2, -0.15) is 5.10 Å². The highest BCUT2D eigenvalue weighted by atomic mass is 19.1. The summed E-state index contributed by atoms with van der Waals surface area (Å²) in [5, 5.41) is 10.1. The highest BCUT2D eigenvalue weighted by molar-refractivity contribution is 5.96. The molecule has 0 saturated heterocycles. The van der Waals surface area contributed by atoms with Crippen LogP contribution in [0.2, 0.25) is 0 Å². The molecular weight excluding hydrogens is 581 g/mol. The zero-order chi connectivity index (χ0) is 32.4. The minimum atomic E-state index is -0.814. The normalized spacial score (nSPS) is 12.3. The molecular formula is C41H36FN5. The van der Waals surface area contributed by atoms with Crippen LogP contribution in [0.4, 0.5) is 10.1 Å². The molecule has 47 heavy (non-hydrogen) atoms. The summed E-state index contributed by atoms with van der Waals surface area (Å²) in [5.74, 6) is -0.246. The summed E-state index contributed by atoms with van der Waals surface area (Å²) >= 11 is 0. The van der Waals surface area contributed by atoms with Crippen molar-refractivity contribution in [2.24, 2.45) is 0 Å². The van der Waals surface area contributed by atoms with Gasteiger partial charge in [0.2, 0.25) is 0 Å². The highest BCUT2D eigenvalue weighted by Gasteiger charge is 2.41. The monoisotopic (exact) mass is 617 g/mol. The van der Waals surface area contributed by atoms with Crippen molar-refractivity contribution in [3.05, 3.63) is 185 Å². The summed E-state index contributed by atoms with van der Waals surface area (Å²) in [6.45, 7) is 4.59. The van der Waals surface area contributed by atoms with E-state index in [1.165, 1.54) is 12.1 Å². The molecule has 0 aliphatic rings. The van der Waals surface area contributed by atoms with E-state index in [0.29, 0.717) is 12.2 Å². The molecule has 0 saturated carbocycles. The van der Waals surface area contributed by atoms with E-state index in [2.05, 4.69) is 113 Å². The van der Waals surface area contributed by atoms with E-state index in [9.17, 15) is 4.39 Å². The van der Waals surface area contributed by atoms with Gasteiger partial charge in [0.05, 0.1) is 5.52 Å². The molecule has 7 aromatic rings. The van der Waals surface area contributed by atoms with Gasteiger partial charge in [-0.05, 0) is 78.1 Å². The van der Waals surface area contributed by atoms with E-state index in [1.807, 2.05) is 49.5 Å². The first-order valence-corrected chi connectivity index (χ1v) is 15.8. The second kappa shape index (κ2) is 12.7. The molecule has 0 unspecified atom stereocenters. The Morgan fingerprint density at radius 2 is 1.34 bits per heavy atom. The predicted molar refractivity (Wildman–Crippen MR) is 188 cm³/mol. The lowest BCUT2D eigenvalue weighted by molar-refractivity contribution is 0.477. The van der Waals surface area contributed by atoms with Gasteiger partial charge in [0.1, 0.15) is 17.1 Å². The number of aryl methyl sites for hydroxylation is 1. The molecule has 1 atom stereocenters. The SMILES string of the molecule is Cc1cc(-c2nn(C(c3ccccc3)(c3ccccc3)c3ccccc3)c3cc(N)c(CN[C@H](C)c4ccc(F)cc4)cc23)ccn1. The number of nitrogens with zero attached hydrogens (tertiary/aromatic N) is 3. The number of nitrogens with one attached hydrogen (secondary N) is 1. The Morgan fingerprint density at radius 1 is 0.766 bits per heavy atom. The number of aromatic nitrogens is 3. The van der Waals surface area contributed by atoms with Crippen LogP contribution in [-0.4, -0.2) is 14.8 Å². The number of hydrogen-bond acceptors (Lipinski definition) is 4. The van der Waals surface area contributed by atoms with Crippen molar-refractivity contribution in [2.75, 3.05) is 5.73 Å². The third-order valence-electron chi connectivity index (χ3n) is 8.97. The van der Waals surface area contributed by atoms with Crippen molar-refractivity contribution in [3.63, 3.8) is 0 Å². The molecule has 0 fully saturated rings. The van der Waals surface area contributed by atoms with Crippen LogP contribution in [0.3, 0.4) is 0 Å². The predicted octanol–water partition coefficient (Wildman–Crippen LogP) is 8.82. The maximum absolute atomic E-state index is 13.6. The quantitative estimate of drug-likeness (QED) is 0.125. The standard InChI is InChI=1S/C41H36FN5/c1-28-24-31(22-23-44-28)40-37-25-32(27-45-29(2)30-18-20-36(42)21-19-30)38(43)26-39(37)47(46-40)41(33-12-6-3-7-13-33,34-14-8-4-9-15-34)35-16-10-5-11-17-35/h3-26,29,45H,27,43H2,1-2H3/t29-/m1/s1. The lowest BCUT2D eigenvalue weighted by atomic mass is 9.77. The lowest BCUT2D eigenvalue weighted by Gasteiger charge is -2.37. The summed E-state index contributed by atoms with van der Waals surface area (Å²) in [5.41, 5.74) is 15.6. The molecule has 0 spiro atoms. The van der Waals surface area contributed by atoms with E-state index in [-0.39, 0.29) is 11.9 Å². The van der Waals surface area contributed by atoms with E-state index in [1.54, 1.807) is 0 Å². The average molecular weight is 618 g/mol. The molecule has 5 nitrogen and oxygen atoms in total.